The second-order valence-electron chi connectivity index (χ2n) is 3.59. The first-order chi connectivity index (χ1) is 7.80. The molecule has 0 saturated heterocycles. The number of hydrogen-bond acceptors (Lipinski definition) is 4. The van der Waals surface area contributed by atoms with Crippen LogP contribution in [0.2, 0.25) is 0 Å². The van der Waals surface area contributed by atoms with Crippen LogP contribution in [0.25, 0.3) is 0 Å². The van der Waals surface area contributed by atoms with E-state index < -0.39 is 0 Å². The van der Waals surface area contributed by atoms with E-state index in [2.05, 4.69) is 28.5 Å². The maximum atomic E-state index is 8.72. The molecule has 0 spiro atoms. The van der Waals surface area contributed by atoms with Crippen molar-refractivity contribution in [1.82, 2.24) is 20.3 Å². The Kier molecular flexibility index (Phi) is 5.54. The predicted molar refractivity (Wildman–Crippen MR) is 61.5 cm³/mol. The van der Waals surface area contributed by atoms with E-state index in [1.807, 2.05) is 6.20 Å². The molecule has 0 aromatic carbocycles. The summed E-state index contributed by atoms with van der Waals surface area (Å²) in [5.74, 6) is 2.70. The molecule has 88 valence electrons. The Morgan fingerprint density at radius 2 is 2.50 bits per heavy atom. The minimum atomic E-state index is 0.0685. The molecule has 5 heteroatoms. The van der Waals surface area contributed by atoms with Crippen LogP contribution in [0.15, 0.2) is 6.20 Å². The van der Waals surface area contributed by atoms with Crippen molar-refractivity contribution in [3.63, 3.8) is 0 Å². The third-order valence-electron chi connectivity index (χ3n) is 2.22. The van der Waals surface area contributed by atoms with Crippen LogP contribution in [-0.2, 0) is 13.1 Å². The largest absolute Gasteiger partial charge is 0.394 e. The van der Waals surface area contributed by atoms with Crippen molar-refractivity contribution < 1.29 is 5.11 Å². The molecule has 5 nitrogen and oxygen atoms in total. The molecule has 1 heterocycles. The molecule has 1 unspecified atom stereocenters. The minimum Gasteiger partial charge on any atom is -0.394 e. The van der Waals surface area contributed by atoms with Gasteiger partial charge in [-0.25, -0.2) is 4.68 Å². The zero-order valence-corrected chi connectivity index (χ0v) is 9.56. The van der Waals surface area contributed by atoms with E-state index in [1.165, 1.54) is 0 Å². The Balaban J connectivity index is 2.38. The highest BCUT2D eigenvalue weighted by atomic mass is 16.3. The van der Waals surface area contributed by atoms with E-state index in [4.69, 9.17) is 11.5 Å². The molecule has 0 radical (unpaired) electrons. The van der Waals surface area contributed by atoms with E-state index in [9.17, 15) is 0 Å². The summed E-state index contributed by atoms with van der Waals surface area (Å²) < 4.78 is 1.61. The standard InChI is InChI=1S/C11H18N4O/c1-3-5-10(4-2)12-8-11-9-15(6-7-16)14-13-11/h2,9-10,12,16H,3,5-8H2,1H3. The van der Waals surface area contributed by atoms with E-state index in [-0.39, 0.29) is 12.6 Å². The molecular formula is C11H18N4O. The molecule has 0 aliphatic heterocycles. The summed E-state index contributed by atoms with van der Waals surface area (Å²) in [5, 5.41) is 19.8. The smallest absolute Gasteiger partial charge is 0.0965 e. The van der Waals surface area contributed by atoms with Crippen molar-refractivity contribution in [3.8, 4) is 12.3 Å². The van der Waals surface area contributed by atoms with Crippen LogP contribution in [0.3, 0.4) is 0 Å². The Morgan fingerprint density at radius 1 is 1.69 bits per heavy atom. The monoisotopic (exact) mass is 222 g/mol. The van der Waals surface area contributed by atoms with Gasteiger partial charge in [0, 0.05) is 12.7 Å². The third kappa shape index (κ3) is 4.01. The van der Waals surface area contributed by atoms with Crippen LogP contribution >= 0.6 is 0 Å². The molecular weight excluding hydrogens is 204 g/mol. The van der Waals surface area contributed by atoms with Gasteiger partial charge in [0.2, 0.25) is 0 Å². The molecule has 16 heavy (non-hydrogen) atoms. The van der Waals surface area contributed by atoms with Gasteiger partial charge in [0.1, 0.15) is 0 Å². The fourth-order valence-corrected chi connectivity index (χ4v) is 1.39. The summed E-state index contributed by atoms with van der Waals surface area (Å²) in [6, 6.07) is 0.0907. The number of aliphatic hydroxyl groups excluding tert-OH is 1. The van der Waals surface area contributed by atoms with Crippen molar-refractivity contribution in [1.29, 1.82) is 0 Å². The zero-order chi connectivity index (χ0) is 11.8. The molecule has 0 amide bonds. The zero-order valence-electron chi connectivity index (χ0n) is 9.56. The Hall–Kier alpha value is -1.38. The lowest BCUT2D eigenvalue weighted by atomic mass is 10.2. The summed E-state index contributed by atoms with van der Waals surface area (Å²) in [6.07, 6.45) is 9.21. The summed E-state index contributed by atoms with van der Waals surface area (Å²) in [4.78, 5) is 0. The van der Waals surface area contributed by atoms with Gasteiger partial charge in [0.15, 0.2) is 0 Å². The van der Waals surface area contributed by atoms with E-state index in [1.54, 1.807) is 4.68 Å². The topological polar surface area (TPSA) is 63.0 Å². The number of hydrogen-bond donors (Lipinski definition) is 2. The molecule has 1 atom stereocenters. The van der Waals surface area contributed by atoms with Crippen LogP contribution in [0.5, 0.6) is 0 Å². The van der Waals surface area contributed by atoms with Crippen molar-refractivity contribution >= 4 is 0 Å². The lowest BCUT2D eigenvalue weighted by Crippen LogP contribution is -2.26. The van der Waals surface area contributed by atoms with Crippen LogP contribution < -0.4 is 5.32 Å². The third-order valence-corrected chi connectivity index (χ3v) is 2.22. The second-order valence-corrected chi connectivity index (χ2v) is 3.59. The van der Waals surface area contributed by atoms with Crippen molar-refractivity contribution in [2.24, 2.45) is 0 Å². The lowest BCUT2D eigenvalue weighted by molar-refractivity contribution is 0.268. The lowest BCUT2D eigenvalue weighted by Gasteiger charge is -2.09. The summed E-state index contributed by atoms with van der Waals surface area (Å²) in [7, 11) is 0. The maximum Gasteiger partial charge on any atom is 0.0965 e. The number of nitrogens with zero attached hydrogens (tertiary/aromatic N) is 3. The first-order valence-corrected chi connectivity index (χ1v) is 5.49. The highest BCUT2D eigenvalue weighted by Gasteiger charge is 2.05. The van der Waals surface area contributed by atoms with Crippen molar-refractivity contribution in [3.05, 3.63) is 11.9 Å². The summed E-state index contributed by atoms with van der Waals surface area (Å²) >= 11 is 0. The quantitative estimate of drug-likeness (QED) is 0.645. The number of aromatic nitrogens is 3. The highest BCUT2D eigenvalue weighted by Crippen LogP contribution is 1.98. The SMILES string of the molecule is C#CC(CCC)NCc1cn(CCO)nn1. The number of nitrogens with one attached hydrogen (secondary N) is 1. The fraction of sp³-hybridized carbons (Fsp3) is 0.636. The van der Waals surface area contributed by atoms with Crippen molar-refractivity contribution in [2.75, 3.05) is 6.61 Å². The van der Waals surface area contributed by atoms with E-state index in [0.717, 1.165) is 18.5 Å². The summed E-state index contributed by atoms with van der Waals surface area (Å²) in [5.41, 5.74) is 0.838. The van der Waals surface area contributed by atoms with Gasteiger partial charge in [-0.05, 0) is 6.42 Å². The average molecular weight is 222 g/mol. The van der Waals surface area contributed by atoms with Gasteiger partial charge in [0.05, 0.1) is 24.9 Å². The first kappa shape index (κ1) is 12.7. The van der Waals surface area contributed by atoms with Gasteiger partial charge < -0.3 is 5.11 Å². The van der Waals surface area contributed by atoms with Gasteiger partial charge in [-0.3, -0.25) is 5.32 Å². The van der Waals surface area contributed by atoms with Gasteiger partial charge >= 0.3 is 0 Å². The first-order valence-electron chi connectivity index (χ1n) is 5.49. The molecule has 0 bridgehead atoms. The number of aliphatic hydroxyl groups is 1. The Morgan fingerprint density at radius 3 is 3.12 bits per heavy atom. The van der Waals surface area contributed by atoms with Gasteiger partial charge in [-0.2, -0.15) is 0 Å². The molecule has 0 aliphatic rings. The van der Waals surface area contributed by atoms with E-state index >= 15 is 0 Å². The van der Waals surface area contributed by atoms with Crippen molar-refractivity contribution in [2.45, 2.75) is 38.9 Å². The molecule has 0 saturated carbocycles. The molecule has 1 aromatic rings. The number of terminal acetylenes is 1. The Labute approximate surface area is 95.9 Å². The van der Waals surface area contributed by atoms with Gasteiger partial charge in [-0.1, -0.05) is 24.5 Å². The normalized spacial score (nSPS) is 12.3. The van der Waals surface area contributed by atoms with E-state index in [0.29, 0.717) is 13.1 Å². The van der Waals surface area contributed by atoms with Crippen LogP contribution in [0.1, 0.15) is 25.5 Å². The van der Waals surface area contributed by atoms with Crippen LogP contribution in [-0.4, -0.2) is 32.7 Å². The van der Waals surface area contributed by atoms with Gasteiger partial charge in [-0.15, -0.1) is 11.5 Å². The van der Waals surface area contributed by atoms with Crippen LogP contribution in [0.4, 0.5) is 0 Å². The number of rotatable bonds is 7. The maximum absolute atomic E-state index is 8.72. The minimum absolute atomic E-state index is 0.0685. The van der Waals surface area contributed by atoms with Crippen LogP contribution in [0, 0.1) is 12.3 Å². The molecule has 0 fully saturated rings. The molecule has 1 aromatic heterocycles. The average Bonchev–Trinajstić information content (AvgIpc) is 2.72. The predicted octanol–water partition coefficient (Wildman–Crippen LogP) is 0.162. The second kappa shape index (κ2) is 6.99. The fourth-order valence-electron chi connectivity index (χ4n) is 1.39. The molecule has 1 rings (SSSR count). The Bertz CT molecular complexity index is 342. The van der Waals surface area contributed by atoms with Gasteiger partial charge in [0.25, 0.3) is 0 Å². The molecule has 0 aliphatic carbocycles. The molecule has 2 N–H and O–H groups in total. The summed E-state index contributed by atoms with van der Waals surface area (Å²) in [6.45, 7) is 3.25. The highest BCUT2D eigenvalue weighted by molar-refractivity contribution is 5.00.